The Bertz CT molecular complexity index is 430. The lowest BCUT2D eigenvalue weighted by Gasteiger charge is -2.27. The van der Waals surface area contributed by atoms with Crippen molar-refractivity contribution in [3.05, 3.63) is 17.0 Å². The van der Waals surface area contributed by atoms with E-state index in [0.29, 0.717) is 18.8 Å². The van der Waals surface area contributed by atoms with Gasteiger partial charge in [-0.25, -0.2) is 8.78 Å². The molecule has 1 aromatic rings. The van der Waals surface area contributed by atoms with E-state index in [9.17, 15) is 13.9 Å². The van der Waals surface area contributed by atoms with E-state index in [0.717, 1.165) is 29.9 Å². The van der Waals surface area contributed by atoms with Crippen molar-refractivity contribution in [3.63, 3.8) is 0 Å². The summed E-state index contributed by atoms with van der Waals surface area (Å²) in [6.45, 7) is -0.0996. The van der Waals surface area contributed by atoms with Gasteiger partial charge < -0.3 is 9.63 Å². The second kappa shape index (κ2) is 4.30. The minimum Gasteiger partial charge on any atom is -0.391 e. The minimum atomic E-state index is -2.53. The van der Waals surface area contributed by atoms with Crippen LogP contribution in [-0.2, 0) is 6.61 Å². The molecule has 1 heterocycles. The summed E-state index contributed by atoms with van der Waals surface area (Å²) in [5.41, 5.74) is 1.47. The largest absolute Gasteiger partial charge is 0.391 e. The third-order valence-corrected chi connectivity index (χ3v) is 4.06. The van der Waals surface area contributed by atoms with E-state index >= 15 is 0 Å². The Morgan fingerprint density at radius 1 is 1.17 bits per heavy atom. The highest BCUT2D eigenvalue weighted by Crippen LogP contribution is 2.46. The molecular formula is C13H17F2NO2. The molecule has 0 bridgehead atoms. The quantitative estimate of drug-likeness (QED) is 0.903. The molecule has 0 radical (unpaired) electrons. The van der Waals surface area contributed by atoms with Crippen LogP contribution in [0.4, 0.5) is 8.78 Å². The van der Waals surface area contributed by atoms with Gasteiger partial charge in [0, 0.05) is 30.2 Å². The Morgan fingerprint density at radius 2 is 1.83 bits per heavy atom. The van der Waals surface area contributed by atoms with Crippen molar-refractivity contribution in [1.82, 2.24) is 5.16 Å². The molecule has 2 fully saturated rings. The van der Waals surface area contributed by atoms with Crippen molar-refractivity contribution in [3.8, 4) is 0 Å². The molecule has 100 valence electrons. The normalized spacial score (nSPS) is 24.4. The Labute approximate surface area is 104 Å². The van der Waals surface area contributed by atoms with Gasteiger partial charge in [-0.05, 0) is 25.7 Å². The number of hydrogen-bond acceptors (Lipinski definition) is 3. The van der Waals surface area contributed by atoms with Gasteiger partial charge in [-0.2, -0.15) is 0 Å². The first-order chi connectivity index (χ1) is 8.61. The summed E-state index contributed by atoms with van der Waals surface area (Å²) in [7, 11) is 0. The number of hydrogen-bond donors (Lipinski definition) is 1. The van der Waals surface area contributed by atoms with Crippen LogP contribution < -0.4 is 0 Å². The molecule has 0 amide bonds. The van der Waals surface area contributed by atoms with Crippen LogP contribution in [0.15, 0.2) is 4.52 Å². The fourth-order valence-electron chi connectivity index (χ4n) is 2.79. The average molecular weight is 257 g/mol. The average Bonchev–Trinajstić information content (AvgIpc) is 3.09. The lowest BCUT2D eigenvalue weighted by Crippen LogP contribution is -2.24. The molecule has 0 atom stereocenters. The summed E-state index contributed by atoms with van der Waals surface area (Å²) in [6, 6.07) is 0. The Balaban J connectivity index is 1.80. The highest BCUT2D eigenvalue weighted by Gasteiger charge is 2.39. The number of aromatic nitrogens is 1. The third kappa shape index (κ3) is 2.16. The molecule has 2 aliphatic carbocycles. The number of aliphatic hydroxyl groups is 1. The second-order valence-corrected chi connectivity index (χ2v) is 5.47. The third-order valence-electron chi connectivity index (χ3n) is 4.06. The van der Waals surface area contributed by atoms with E-state index in [1.165, 1.54) is 0 Å². The van der Waals surface area contributed by atoms with Gasteiger partial charge in [0.25, 0.3) is 0 Å². The first-order valence-electron chi connectivity index (χ1n) is 6.58. The molecule has 5 heteroatoms. The molecule has 3 rings (SSSR count). The van der Waals surface area contributed by atoms with Crippen LogP contribution in [0.3, 0.4) is 0 Å². The summed E-state index contributed by atoms with van der Waals surface area (Å²) in [5.74, 6) is -1.34. The van der Waals surface area contributed by atoms with Crippen molar-refractivity contribution < 1.29 is 18.4 Å². The highest BCUT2D eigenvalue weighted by atomic mass is 19.3. The Kier molecular flexibility index (Phi) is 2.88. The summed E-state index contributed by atoms with van der Waals surface area (Å²) >= 11 is 0. The fraction of sp³-hybridized carbons (Fsp3) is 0.769. The summed E-state index contributed by atoms with van der Waals surface area (Å²) in [5, 5.41) is 13.5. The fourth-order valence-corrected chi connectivity index (χ4v) is 2.79. The summed E-state index contributed by atoms with van der Waals surface area (Å²) in [4.78, 5) is 0. The Morgan fingerprint density at radius 3 is 2.39 bits per heavy atom. The lowest BCUT2D eigenvalue weighted by atomic mass is 9.83. The van der Waals surface area contributed by atoms with Gasteiger partial charge in [-0.15, -0.1) is 0 Å². The van der Waals surface area contributed by atoms with Crippen LogP contribution in [0.2, 0.25) is 0 Å². The van der Waals surface area contributed by atoms with E-state index in [1.807, 2.05) is 0 Å². The predicted octanol–water partition coefficient (Wildman–Crippen LogP) is 3.34. The van der Waals surface area contributed by atoms with Gasteiger partial charge in [0.1, 0.15) is 5.76 Å². The smallest absolute Gasteiger partial charge is 0.248 e. The second-order valence-electron chi connectivity index (χ2n) is 5.47. The zero-order chi connectivity index (χ0) is 12.8. The molecule has 0 aliphatic heterocycles. The predicted molar refractivity (Wildman–Crippen MR) is 60.6 cm³/mol. The van der Waals surface area contributed by atoms with Crippen molar-refractivity contribution in [2.45, 2.75) is 62.9 Å². The first-order valence-corrected chi connectivity index (χ1v) is 6.58. The summed E-state index contributed by atoms with van der Waals surface area (Å²) in [6.07, 6.45) is 2.82. The van der Waals surface area contributed by atoms with Crippen LogP contribution in [0, 0.1) is 0 Å². The van der Waals surface area contributed by atoms with Gasteiger partial charge >= 0.3 is 0 Å². The summed E-state index contributed by atoms with van der Waals surface area (Å²) < 4.78 is 31.6. The van der Waals surface area contributed by atoms with Gasteiger partial charge in [-0.1, -0.05) is 5.16 Å². The highest BCUT2D eigenvalue weighted by molar-refractivity contribution is 5.30. The van der Waals surface area contributed by atoms with Crippen LogP contribution >= 0.6 is 0 Å². The maximum Gasteiger partial charge on any atom is 0.248 e. The van der Waals surface area contributed by atoms with Crippen molar-refractivity contribution in [2.75, 3.05) is 0 Å². The number of rotatable bonds is 3. The minimum absolute atomic E-state index is 0.0167. The van der Waals surface area contributed by atoms with Crippen LogP contribution in [0.25, 0.3) is 0 Å². The molecule has 0 saturated heterocycles. The van der Waals surface area contributed by atoms with Gasteiger partial charge in [0.05, 0.1) is 12.3 Å². The van der Waals surface area contributed by atoms with Crippen molar-refractivity contribution in [2.24, 2.45) is 0 Å². The van der Waals surface area contributed by atoms with Gasteiger partial charge in [0.2, 0.25) is 5.92 Å². The maximum absolute atomic E-state index is 13.1. The van der Waals surface area contributed by atoms with E-state index in [1.54, 1.807) is 0 Å². The van der Waals surface area contributed by atoms with Gasteiger partial charge in [-0.3, -0.25) is 0 Å². The van der Waals surface area contributed by atoms with E-state index in [-0.39, 0.29) is 25.4 Å². The monoisotopic (exact) mass is 257 g/mol. The zero-order valence-electron chi connectivity index (χ0n) is 10.2. The van der Waals surface area contributed by atoms with Crippen LogP contribution in [0.1, 0.15) is 67.4 Å². The topological polar surface area (TPSA) is 46.3 Å². The molecule has 0 unspecified atom stereocenters. The molecule has 18 heavy (non-hydrogen) atoms. The molecule has 2 aliphatic rings. The van der Waals surface area contributed by atoms with Crippen LogP contribution in [-0.4, -0.2) is 16.2 Å². The van der Waals surface area contributed by atoms with Crippen LogP contribution in [0.5, 0.6) is 0 Å². The zero-order valence-corrected chi connectivity index (χ0v) is 10.2. The maximum atomic E-state index is 13.1. The molecule has 1 aromatic heterocycles. The standard InChI is InChI=1S/C13H17F2NO2/c14-13(15)5-3-8(4-6-13)11-10(7-17)12(18-16-11)9-1-2-9/h8-9,17H,1-7H2. The molecule has 0 aromatic carbocycles. The molecule has 1 N–H and O–H groups in total. The van der Waals surface area contributed by atoms with Crippen molar-refractivity contribution in [1.29, 1.82) is 0 Å². The molecule has 2 saturated carbocycles. The van der Waals surface area contributed by atoms with E-state index < -0.39 is 5.92 Å². The number of aliphatic hydroxyl groups excluding tert-OH is 1. The Hall–Kier alpha value is -0.970. The lowest BCUT2D eigenvalue weighted by molar-refractivity contribution is -0.0387. The number of nitrogens with zero attached hydrogens (tertiary/aromatic N) is 1. The molecule has 0 spiro atoms. The molecular weight excluding hydrogens is 240 g/mol. The number of halogens is 2. The van der Waals surface area contributed by atoms with E-state index in [2.05, 4.69) is 5.16 Å². The van der Waals surface area contributed by atoms with Gasteiger partial charge in [0.15, 0.2) is 0 Å². The van der Waals surface area contributed by atoms with Crippen molar-refractivity contribution >= 4 is 0 Å². The first kappa shape index (κ1) is 12.1. The van der Waals surface area contributed by atoms with E-state index in [4.69, 9.17) is 4.52 Å². The SMILES string of the molecule is OCc1c(C2CCC(F)(F)CC2)noc1C1CC1. The number of alkyl halides is 2. The molecule has 3 nitrogen and oxygen atoms in total.